The number of nitrogens with two attached hydrogens (primary N) is 1. The number of rotatable bonds is 13. The van der Waals surface area contributed by atoms with Crippen molar-refractivity contribution in [3.63, 3.8) is 0 Å². The van der Waals surface area contributed by atoms with E-state index in [0.29, 0.717) is 38.9 Å². The van der Waals surface area contributed by atoms with Gasteiger partial charge < -0.3 is 21.7 Å². The van der Waals surface area contributed by atoms with E-state index in [0.717, 1.165) is 0 Å². The van der Waals surface area contributed by atoms with Gasteiger partial charge in [0.05, 0.1) is 13.1 Å². The van der Waals surface area contributed by atoms with Crippen LogP contribution in [0.25, 0.3) is 0 Å². The van der Waals surface area contributed by atoms with E-state index in [-0.39, 0.29) is 37.2 Å². The molecule has 0 aliphatic rings. The highest BCUT2D eigenvalue weighted by atomic mass is 16.2. The molecule has 4 amide bonds. The van der Waals surface area contributed by atoms with E-state index < -0.39 is 5.91 Å². The van der Waals surface area contributed by atoms with Crippen molar-refractivity contribution < 1.29 is 19.2 Å². The maximum atomic E-state index is 11.5. The number of hydrogen-bond donors (Lipinski definition) is 5. The van der Waals surface area contributed by atoms with E-state index >= 15 is 0 Å². The van der Waals surface area contributed by atoms with Gasteiger partial charge in [-0.15, -0.1) is 0 Å². The maximum Gasteiger partial charge on any atom is 0.233 e. The second kappa shape index (κ2) is 13.5. The van der Waals surface area contributed by atoms with Crippen LogP contribution in [0.1, 0.15) is 32.6 Å². The zero-order valence-electron chi connectivity index (χ0n) is 13.6. The minimum Gasteiger partial charge on any atom is -0.370 e. The Kier molecular flexibility index (Phi) is 12.2. The summed E-state index contributed by atoms with van der Waals surface area (Å²) in [5, 5.41) is 10.6. The molecule has 0 heterocycles. The lowest BCUT2D eigenvalue weighted by molar-refractivity contribution is -0.123. The molecule has 0 rings (SSSR count). The molecule has 0 radical (unpaired) electrons. The molecule has 0 bridgehead atoms. The van der Waals surface area contributed by atoms with E-state index in [1.54, 1.807) is 0 Å². The predicted octanol–water partition coefficient (Wildman–Crippen LogP) is -2.01. The summed E-state index contributed by atoms with van der Waals surface area (Å²) < 4.78 is 0. The predicted molar refractivity (Wildman–Crippen MR) is 85.2 cm³/mol. The van der Waals surface area contributed by atoms with E-state index in [1.807, 2.05) is 6.92 Å². The lowest BCUT2D eigenvalue weighted by atomic mass is 10.3. The largest absolute Gasteiger partial charge is 0.370 e. The van der Waals surface area contributed by atoms with Gasteiger partial charge in [0.25, 0.3) is 0 Å². The van der Waals surface area contributed by atoms with Crippen LogP contribution in [0, 0.1) is 0 Å². The highest BCUT2D eigenvalue weighted by Gasteiger charge is 2.05. The van der Waals surface area contributed by atoms with E-state index in [2.05, 4.69) is 21.3 Å². The number of primary amides is 1. The molecule has 0 aliphatic carbocycles. The van der Waals surface area contributed by atoms with Crippen molar-refractivity contribution in [1.82, 2.24) is 21.3 Å². The monoisotopic (exact) mass is 329 g/mol. The van der Waals surface area contributed by atoms with Crippen LogP contribution >= 0.6 is 0 Å². The second-order valence-electron chi connectivity index (χ2n) is 4.93. The van der Waals surface area contributed by atoms with Gasteiger partial charge in [0.15, 0.2) is 0 Å². The Bertz CT molecular complexity index is 401. The number of carbonyl (C=O) groups is 4. The van der Waals surface area contributed by atoms with Crippen molar-refractivity contribution in [3.8, 4) is 0 Å². The van der Waals surface area contributed by atoms with E-state index in [9.17, 15) is 19.2 Å². The molecular weight excluding hydrogens is 302 g/mol. The summed E-state index contributed by atoms with van der Waals surface area (Å²) in [6, 6.07) is 0. The van der Waals surface area contributed by atoms with Crippen LogP contribution in [0.4, 0.5) is 0 Å². The Morgan fingerprint density at radius 2 is 1.30 bits per heavy atom. The number of nitrogens with one attached hydrogen (secondary N) is 4. The molecule has 0 aliphatic heterocycles. The van der Waals surface area contributed by atoms with Gasteiger partial charge >= 0.3 is 0 Å². The maximum absolute atomic E-state index is 11.5. The van der Waals surface area contributed by atoms with Gasteiger partial charge in [0.1, 0.15) is 0 Å². The topological polar surface area (TPSA) is 142 Å². The Hall–Kier alpha value is -2.16. The molecule has 0 atom stereocenters. The number of hydrogen-bond acceptors (Lipinski definition) is 5. The highest BCUT2D eigenvalue weighted by Crippen LogP contribution is 1.86. The Morgan fingerprint density at radius 1 is 0.783 bits per heavy atom. The normalized spacial score (nSPS) is 9.96. The average Bonchev–Trinajstić information content (AvgIpc) is 2.48. The summed E-state index contributed by atoms with van der Waals surface area (Å²) in [5.74, 6) is -0.921. The van der Waals surface area contributed by atoms with Crippen LogP contribution in [0.3, 0.4) is 0 Å². The smallest absolute Gasteiger partial charge is 0.233 e. The van der Waals surface area contributed by atoms with E-state index in [1.165, 1.54) is 0 Å². The molecule has 0 aromatic carbocycles. The van der Waals surface area contributed by atoms with Gasteiger partial charge in [-0.05, 0) is 19.8 Å². The summed E-state index contributed by atoms with van der Waals surface area (Å²) in [4.78, 5) is 44.5. The van der Waals surface area contributed by atoms with Crippen LogP contribution in [0.5, 0.6) is 0 Å². The molecule has 23 heavy (non-hydrogen) atoms. The molecule has 9 heteroatoms. The zero-order chi connectivity index (χ0) is 17.5. The molecule has 132 valence electrons. The quantitative estimate of drug-likeness (QED) is 0.248. The Labute approximate surface area is 136 Å². The van der Waals surface area contributed by atoms with Crippen molar-refractivity contribution in [2.45, 2.75) is 32.6 Å². The van der Waals surface area contributed by atoms with Crippen LogP contribution in [-0.4, -0.2) is 56.4 Å². The van der Waals surface area contributed by atoms with Crippen LogP contribution < -0.4 is 27.0 Å². The first-order valence-electron chi connectivity index (χ1n) is 7.74. The average molecular weight is 329 g/mol. The van der Waals surface area contributed by atoms with Crippen molar-refractivity contribution in [3.05, 3.63) is 0 Å². The lowest BCUT2D eigenvalue weighted by Crippen LogP contribution is -2.40. The highest BCUT2D eigenvalue weighted by molar-refractivity contribution is 5.81. The standard InChI is InChI=1S/C14H27N5O4/c1-2-17-12(21)6-4-8-19-14(23)10-16-9-13(22)18-7-3-5-11(15)20/h16H,2-10H2,1H3,(H2,15,20)(H,17,21)(H,18,22)(H,19,23). The third kappa shape index (κ3) is 14.5. The Morgan fingerprint density at radius 3 is 1.78 bits per heavy atom. The number of carbonyl (C=O) groups excluding carboxylic acids is 4. The van der Waals surface area contributed by atoms with Crippen molar-refractivity contribution in [1.29, 1.82) is 0 Å². The minimum absolute atomic E-state index is 0.0168. The van der Waals surface area contributed by atoms with Crippen LogP contribution in [0.2, 0.25) is 0 Å². The fourth-order valence-corrected chi connectivity index (χ4v) is 1.67. The number of amides is 4. The van der Waals surface area contributed by atoms with Crippen molar-refractivity contribution >= 4 is 23.6 Å². The summed E-state index contributed by atoms with van der Waals surface area (Å²) in [5.41, 5.74) is 4.97. The van der Waals surface area contributed by atoms with Gasteiger partial charge in [-0.2, -0.15) is 0 Å². The molecule has 0 aromatic rings. The zero-order valence-corrected chi connectivity index (χ0v) is 13.6. The summed E-state index contributed by atoms with van der Waals surface area (Å²) >= 11 is 0. The molecule has 0 saturated heterocycles. The molecule has 0 unspecified atom stereocenters. The second-order valence-corrected chi connectivity index (χ2v) is 4.93. The van der Waals surface area contributed by atoms with Gasteiger partial charge in [-0.25, -0.2) is 0 Å². The first-order valence-corrected chi connectivity index (χ1v) is 7.74. The molecule has 0 saturated carbocycles. The molecule has 0 spiro atoms. The molecule has 0 fully saturated rings. The lowest BCUT2D eigenvalue weighted by Gasteiger charge is -2.07. The molecule has 9 nitrogen and oxygen atoms in total. The van der Waals surface area contributed by atoms with E-state index in [4.69, 9.17) is 5.73 Å². The SMILES string of the molecule is CCNC(=O)CCCNC(=O)CNCC(=O)NCCCC(N)=O. The van der Waals surface area contributed by atoms with Gasteiger partial charge in [0, 0.05) is 32.5 Å². The summed E-state index contributed by atoms with van der Waals surface area (Å²) in [7, 11) is 0. The fourth-order valence-electron chi connectivity index (χ4n) is 1.67. The van der Waals surface area contributed by atoms with Gasteiger partial charge in [-0.1, -0.05) is 0 Å². The van der Waals surface area contributed by atoms with Crippen molar-refractivity contribution in [2.75, 3.05) is 32.7 Å². The van der Waals surface area contributed by atoms with Gasteiger partial charge in [0.2, 0.25) is 23.6 Å². The minimum atomic E-state index is -0.402. The third-order valence-corrected chi connectivity index (χ3v) is 2.77. The molecular formula is C14H27N5O4. The molecule has 0 aromatic heterocycles. The summed E-state index contributed by atoms with van der Waals surface area (Å²) in [6.07, 6.45) is 1.66. The third-order valence-electron chi connectivity index (χ3n) is 2.77. The van der Waals surface area contributed by atoms with Crippen LogP contribution in [0.15, 0.2) is 0 Å². The first kappa shape index (κ1) is 20.8. The molecule has 6 N–H and O–H groups in total. The Balaban J connectivity index is 3.50. The van der Waals surface area contributed by atoms with Gasteiger partial charge in [-0.3, -0.25) is 24.5 Å². The summed E-state index contributed by atoms with van der Waals surface area (Å²) in [6.45, 7) is 3.27. The fraction of sp³-hybridized carbons (Fsp3) is 0.714. The first-order chi connectivity index (χ1) is 11.0. The van der Waals surface area contributed by atoms with Crippen molar-refractivity contribution in [2.24, 2.45) is 5.73 Å². The van der Waals surface area contributed by atoms with Crippen LogP contribution in [-0.2, 0) is 19.2 Å².